The molecule has 2 amide bonds. The first kappa shape index (κ1) is 15.5. The number of fused-ring (bicyclic) bond motifs is 2. The molecule has 0 saturated heterocycles. The Hall–Kier alpha value is -1.40. The number of aliphatic hydroxyl groups excluding tert-OH is 1. The quantitative estimate of drug-likeness (QED) is 0.769. The molecular weight excluding hydrogens is 300 g/mol. The highest BCUT2D eigenvalue weighted by Crippen LogP contribution is 2.48. The minimum Gasteiger partial charge on any atom is -0.396 e. The van der Waals surface area contributed by atoms with Gasteiger partial charge >= 0.3 is 0 Å². The standard InChI is InChI=1S/C16H22N2O3S/c1-9(20)17-7-12-4-5-14(22-12)16(21)18-15-11-3-2-10(6-11)13(15)8-19/h4-5,10-11,13,15,19H,2-3,6-8H2,1H3,(H,17,20)(H,18,21). The van der Waals surface area contributed by atoms with E-state index in [0.29, 0.717) is 23.3 Å². The molecule has 6 heteroatoms. The maximum Gasteiger partial charge on any atom is 0.261 e. The second-order valence-electron chi connectivity index (χ2n) is 6.35. The van der Waals surface area contributed by atoms with Gasteiger partial charge in [-0.15, -0.1) is 11.3 Å². The van der Waals surface area contributed by atoms with Gasteiger partial charge in [0.1, 0.15) is 0 Å². The third kappa shape index (κ3) is 3.03. The number of thiophene rings is 1. The molecule has 120 valence electrons. The van der Waals surface area contributed by atoms with Crippen LogP contribution in [0, 0.1) is 17.8 Å². The molecule has 1 heterocycles. The van der Waals surface area contributed by atoms with Gasteiger partial charge in [0.25, 0.3) is 5.91 Å². The van der Waals surface area contributed by atoms with E-state index in [-0.39, 0.29) is 30.4 Å². The smallest absolute Gasteiger partial charge is 0.261 e. The second-order valence-corrected chi connectivity index (χ2v) is 7.52. The number of nitrogens with one attached hydrogen (secondary N) is 2. The van der Waals surface area contributed by atoms with Crippen molar-refractivity contribution >= 4 is 23.2 Å². The van der Waals surface area contributed by atoms with Crippen LogP contribution in [0.4, 0.5) is 0 Å². The molecule has 22 heavy (non-hydrogen) atoms. The molecule has 3 rings (SSSR count). The highest BCUT2D eigenvalue weighted by molar-refractivity contribution is 7.14. The molecule has 1 aromatic rings. The van der Waals surface area contributed by atoms with E-state index in [1.807, 2.05) is 6.07 Å². The van der Waals surface area contributed by atoms with Crippen LogP contribution in [0.15, 0.2) is 12.1 Å². The number of amides is 2. The average Bonchev–Trinajstić information content (AvgIpc) is 3.20. The lowest BCUT2D eigenvalue weighted by Crippen LogP contribution is -2.45. The monoisotopic (exact) mass is 322 g/mol. The van der Waals surface area contributed by atoms with Crippen LogP contribution in [-0.2, 0) is 11.3 Å². The Balaban J connectivity index is 1.61. The molecule has 4 atom stereocenters. The first-order chi connectivity index (χ1) is 10.6. The summed E-state index contributed by atoms with van der Waals surface area (Å²) in [6.07, 6.45) is 3.47. The summed E-state index contributed by atoms with van der Waals surface area (Å²) in [7, 11) is 0. The molecular formula is C16H22N2O3S. The van der Waals surface area contributed by atoms with Crippen LogP contribution in [0.1, 0.15) is 40.7 Å². The van der Waals surface area contributed by atoms with Crippen molar-refractivity contribution in [2.24, 2.45) is 17.8 Å². The molecule has 0 aromatic carbocycles. The van der Waals surface area contributed by atoms with Crippen LogP contribution in [0.25, 0.3) is 0 Å². The summed E-state index contributed by atoms with van der Waals surface area (Å²) in [6.45, 7) is 2.09. The third-order valence-electron chi connectivity index (χ3n) is 4.99. The van der Waals surface area contributed by atoms with E-state index >= 15 is 0 Å². The summed E-state index contributed by atoms with van der Waals surface area (Å²) >= 11 is 1.41. The third-order valence-corrected chi connectivity index (χ3v) is 6.08. The first-order valence-electron chi connectivity index (χ1n) is 7.83. The lowest BCUT2D eigenvalue weighted by atomic mass is 9.85. The van der Waals surface area contributed by atoms with Crippen LogP contribution < -0.4 is 10.6 Å². The van der Waals surface area contributed by atoms with Crippen molar-refractivity contribution < 1.29 is 14.7 Å². The molecule has 0 spiro atoms. The summed E-state index contributed by atoms with van der Waals surface area (Å²) in [6, 6.07) is 3.79. The molecule has 3 N–H and O–H groups in total. The van der Waals surface area contributed by atoms with Crippen LogP contribution >= 0.6 is 11.3 Å². The van der Waals surface area contributed by atoms with Crippen molar-refractivity contribution in [3.05, 3.63) is 21.9 Å². The second kappa shape index (κ2) is 6.38. The molecule has 2 aliphatic carbocycles. The zero-order valence-electron chi connectivity index (χ0n) is 12.7. The van der Waals surface area contributed by atoms with Crippen LogP contribution in [0.2, 0.25) is 0 Å². The number of hydrogen-bond acceptors (Lipinski definition) is 4. The largest absolute Gasteiger partial charge is 0.396 e. The maximum absolute atomic E-state index is 12.4. The van der Waals surface area contributed by atoms with Crippen molar-refractivity contribution in [3.8, 4) is 0 Å². The Kier molecular flexibility index (Phi) is 4.49. The van der Waals surface area contributed by atoms with E-state index in [9.17, 15) is 14.7 Å². The minimum absolute atomic E-state index is 0.0601. The topological polar surface area (TPSA) is 78.4 Å². The summed E-state index contributed by atoms with van der Waals surface area (Å²) in [5, 5.41) is 15.4. The van der Waals surface area contributed by atoms with Gasteiger partial charge in [0.15, 0.2) is 0 Å². The van der Waals surface area contributed by atoms with Gasteiger partial charge in [-0.2, -0.15) is 0 Å². The number of rotatable bonds is 5. The zero-order chi connectivity index (χ0) is 15.7. The van der Waals surface area contributed by atoms with E-state index < -0.39 is 0 Å². The summed E-state index contributed by atoms with van der Waals surface area (Å²) in [5.41, 5.74) is 0. The fourth-order valence-corrected chi connectivity index (χ4v) is 4.78. The highest BCUT2D eigenvalue weighted by atomic mass is 32.1. The summed E-state index contributed by atoms with van der Waals surface area (Å²) in [5.74, 6) is 1.16. The molecule has 2 bridgehead atoms. The lowest BCUT2D eigenvalue weighted by molar-refractivity contribution is -0.119. The van der Waals surface area contributed by atoms with Crippen molar-refractivity contribution in [2.75, 3.05) is 6.61 Å². The molecule has 2 saturated carbocycles. The van der Waals surface area contributed by atoms with Crippen molar-refractivity contribution in [2.45, 2.75) is 38.8 Å². The fourth-order valence-electron chi connectivity index (χ4n) is 3.93. The number of carbonyl (C=O) groups is 2. The van der Waals surface area contributed by atoms with Gasteiger partial charge in [-0.3, -0.25) is 9.59 Å². The Morgan fingerprint density at radius 1 is 1.32 bits per heavy atom. The van der Waals surface area contributed by atoms with Gasteiger partial charge in [-0.1, -0.05) is 0 Å². The summed E-state index contributed by atoms with van der Waals surface area (Å²) in [4.78, 5) is 25.0. The van der Waals surface area contributed by atoms with E-state index in [1.165, 1.54) is 24.7 Å². The van der Waals surface area contributed by atoms with Crippen LogP contribution in [-0.4, -0.2) is 29.6 Å². The van der Waals surface area contributed by atoms with Gasteiger partial charge in [-0.05, 0) is 43.2 Å². The highest BCUT2D eigenvalue weighted by Gasteiger charge is 2.47. The van der Waals surface area contributed by atoms with Crippen molar-refractivity contribution in [1.29, 1.82) is 0 Å². The number of carbonyl (C=O) groups excluding carboxylic acids is 2. The minimum atomic E-state index is -0.0767. The van der Waals surface area contributed by atoms with Crippen LogP contribution in [0.5, 0.6) is 0 Å². The van der Waals surface area contributed by atoms with E-state index in [1.54, 1.807) is 6.07 Å². The molecule has 4 unspecified atom stereocenters. The molecule has 0 aliphatic heterocycles. The molecule has 5 nitrogen and oxygen atoms in total. The Morgan fingerprint density at radius 3 is 2.82 bits per heavy atom. The number of aliphatic hydroxyl groups is 1. The lowest BCUT2D eigenvalue weighted by Gasteiger charge is -2.30. The first-order valence-corrected chi connectivity index (χ1v) is 8.65. The SMILES string of the molecule is CC(=O)NCc1ccc(C(=O)NC2C3CCC(C3)C2CO)s1. The Labute approximate surface area is 134 Å². The van der Waals surface area contributed by atoms with Gasteiger partial charge in [0, 0.05) is 30.4 Å². The fraction of sp³-hybridized carbons (Fsp3) is 0.625. The predicted molar refractivity (Wildman–Crippen MR) is 84.5 cm³/mol. The molecule has 0 radical (unpaired) electrons. The molecule has 2 fully saturated rings. The zero-order valence-corrected chi connectivity index (χ0v) is 13.5. The van der Waals surface area contributed by atoms with Gasteiger partial charge in [0.2, 0.25) is 5.91 Å². The Morgan fingerprint density at radius 2 is 2.09 bits per heavy atom. The van der Waals surface area contributed by atoms with Crippen LogP contribution in [0.3, 0.4) is 0 Å². The Bertz CT molecular complexity index is 571. The maximum atomic E-state index is 12.4. The van der Waals surface area contributed by atoms with Crippen molar-refractivity contribution in [3.63, 3.8) is 0 Å². The normalized spacial score (nSPS) is 29.5. The van der Waals surface area contributed by atoms with E-state index in [0.717, 1.165) is 17.7 Å². The molecule has 2 aliphatic rings. The van der Waals surface area contributed by atoms with E-state index in [4.69, 9.17) is 0 Å². The van der Waals surface area contributed by atoms with E-state index in [2.05, 4.69) is 10.6 Å². The predicted octanol–water partition coefficient (Wildman–Crippen LogP) is 1.52. The number of hydrogen-bond donors (Lipinski definition) is 3. The van der Waals surface area contributed by atoms with Gasteiger partial charge in [0.05, 0.1) is 11.4 Å². The van der Waals surface area contributed by atoms with Gasteiger partial charge < -0.3 is 15.7 Å². The van der Waals surface area contributed by atoms with Gasteiger partial charge in [-0.25, -0.2) is 0 Å². The average molecular weight is 322 g/mol. The summed E-state index contributed by atoms with van der Waals surface area (Å²) < 4.78 is 0. The molecule has 1 aromatic heterocycles. The van der Waals surface area contributed by atoms with Crippen molar-refractivity contribution in [1.82, 2.24) is 10.6 Å².